The van der Waals surface area contributed by atoms with Crippen molar-refractivity contribution in [3.05, 3.63) is 229 Å². The third-order valence-corrected chi connectivity index (χ3v) is 11.0. The minimum atomic E-state index is -0.870. The fraction of sp³-hybridized carbons (Fsp3) is 0.0392. The van der Waals surface area contributed by atoms with E-state index in [0.29, 0.717) is 0 Å². The smallest absolute Gasteiger partial charge is 0.135 e. The predicted octanol–water partition coefficient (Wildman–Crippen LogP) is 12.5. The predicted molar refractivity (Wildman–Crippen MR) is 223 cm³/mol. The van der Waals surface area contributed by atoms with Crippen LogP contribution in [0.4, 0.5) is 0 Å². The summed E-state index contributed by atoms with van der Waals surface area (Å²) in [6.07, 6.45) is 8.56. The van der Waals surface area contributed by atoms with Crippen LogP contribution in [0, 0.1) is 0 Å². The molecule has 0 saturated heterocycles. The van der Waals surface area contributed by atoms with Crippen molar-refractivity contribution in [3.63, 3.8) is 0 Å². The van der Waals surface area contributed by atoms with Crippen LogP contribution >= 0.6 is 0 Å². The fourth-order valence-electron chi connectivity index (χ4n) is 8.78. The van der Waals surface area contributed by atoms with E-state index in [0.717, 1.165) is 61.0 Å². The standard InChI is InChI=1S/C51H35N3O/c1-4-17-35(18-5-1)38-23-10-11-24-40(38)41-25-12-13-26-42(41)43-30-31-46-48(44-27-14-15-29-45(44)55-46)50(43)51(47-32-34-52-54-53-47)33-16-28-39(36-19-6-2-7-20-36)49(51)37-21-8-3-9-22-37/h1-34,49H. The van der Waals surface area contributed by atoms with Crippen LogP contribution in [0.25, 0.3) is 60.9 Å². The van der Waals surface area contributed by atoms with Gasteiger partial charge < -0.3 is 4.42 Å². The Hall–Kier alpha value is -7.17. The summed E-state index contributed by atoms with van der Waals surface area (Å²) in [4.78, 5) is 0. The van der Waals surface area contributed by atoms with Gasteiger partial charge in [-0.25, -0.2) is 0 Å². The Kier molecular flexibility index (Phi) is 8.07. The molecule has 9 aromatic rings. The summed E-state index contributed by atoms with van der Waals surface area (Å²) in [6, 6.07) is 64.4. The summed E-state index contributed by atoms with van der Waals surface area (Å²) in [5.74, 6) is -0.209. The van der Waals surface area contributed by atoms with E-state index in [4.69, 9.17) is 9.52 Å². The lowest BCUT2D eigenvalue weighted by Gasteiger charge is -2.43. The minimum absolute atomic E-state index is 0.209. The van der Waals surface area contributed by atoms with Crippen LogP contribution in [-0.4, -0.2) is 15.4 Å². The summed E-state index contributed by atoms with van der Waals surface area (Å²) in [7, 11) is 0. The van der Waals surface area contributed by atoms with E-state index in [1.54, 1.807) is 6.20 Å². The van der Waals surface area contributed by atoms with Crippen molar-refractivity contribution in [2.75, 3.05) is 0 Å². The Labute approximate surface area is 319 Å². The summed E-state index contributed by atoms with van der Waals surface area (Å²) < 4.78 is 6.71. The molecule has 4 heteroatoms. The summed E-state index contributed by atoms with van der Waals surface area (Å²) in [6.45, 7) is 0. The first-order valence-corrected chi connectivity index (χ1v) is 18.6. The zero-order valence-electron chi connectivity index (χ0n) is 30.0. The molecule has 0 radical (unpaired) electrons. The summed E-state index contributed by atoms with van der Waals surface area (Å²) >= 11 is 0. The second kappa shape index (κ2) is 13.7. The van der Waals surface area contributed by atoms with Crippen molar-refractivity contribution < 1.29 is 4.42 Å². The van der Waals surface area contributed by atoms with Crippen LogP contribution in [0.2, 0.25) is 0 Å². The molecule has 0 saturated carbocycles. The highest BCUT2D eigenvalue weighted by molar-refractivity contribution is 6.11. The van der Waals surface area contributed by atoms with E-state index in [1.165, 1.54) is 22.3 Å². The molecule has 2 aromatic heterocycles. The SMILES string of the molecule is C1=CC(c2ccnnn2)(c2c(-c3ccccc3-c3ccccc3-c3ccccc3)ccc3oc4ccccc4c23)C(c2ccccc2)C(c2ccccc2)=C1. The normalized spacial score (nSPS) is 16.7. The molecule has 0 fully saturated rings. The Morgan fingerprint density at radius 1 is 0.491 bits per heavy atom. The number of nitrogens with zero attached hydrogens (tertiary/aromatic N) is 3. The van der Waals surface area contributed by atoms with Crippen LogP contribution in [-0.2, 0) is 5.41 Å². The lowest BCUT2D eigenvalue weighted by Crippen LogP contribution is -2.37. The van der Waals surface area contributed by atoms with Crippen molar-refractivity contribution in [2.24, 2.45) is 0 Å². The van der Waals surface area contributed by atoms with Gasteiger partial charge >= 0.3 is 0 Å². The zero-order valence-corrected chi connectivity index (χ0v) is 30.0. The van der Waals surface area contributed by atoms with E-state index < -0.39 is 5.41 Å². The first-order valence-electron chi connectivity index (χ1n) is 18.6. The highest BCUT2D eigenvalue weighted by Crippen LogP contribution is 2.58. The van der Waals surface area contributed by atoms with Crippen molar-refractivity contribution in [3.8, 4) is 33.4 Å². The van der Waals surface area contributed by atoms with E-state index in [2.05, 4.69) is 198 Å². The molecule has 0 N–H and O–H groups in total. The molecule has 7 aromatic carbocycles. The number of rotatable bonds is 7. The topological polar surface area (TPSA) is 51.8 Å². The molecule has 260 valence electrons. The number of furan rings is 1. The van der Waals surface area contributed by atoms with E-state index in [1.807, 2.05) is 12.1 Å². The molecular formula is C51H35N3O. The van der Waals surface area contributed by atoms with Gasteiger partial charge in [-0.1, -0.05) is 182 Å². The Bertz CT molecular complexity index is 2860. The van der Waals surface area contributed by atoms with Crippen LogP contribution in [0.3, 0.4) is 0 Å². The maximum absolute atomic E-state index is 6.71. The van der Waals surface area contributed by atoms with E-state index in [-0.39, 0.29) is 5.92 Å². The average Bonchev–Trinajstić information content (AvgIpc) is 3.66. The van der Waals surface area contributed by atoms with Gasteiger partial charge in [0.05, 0.1) is 17.3 Å². The lowest BCUT2D eigenvalue weighted by atomic mass is 9.58. The molecule has 0 aliphatic heterocycles. The first-order chi connectivity index (χ1) is 27.3. The monoisotopic (exact) mass is 705 g/mol. The van der Waals surface area contributed by atoms with E-state index in [9.17, 15) is 0 Å². The molecule has 4 nitrogen and oxygen atoms in total. The van der Waals surface area contributed by atoms with Gasteiger partial charge in [-0.2, -0.15) is 0 Å². The van der Waals surface area contributed by atoms with Gasteiger partial charge in [0.15, 0.2) is 0 Å². The molecule has 1 aliphatic carbocycles. The average molecular weight is 706 g/mol. The summed E-state index contributed by atoms with van der Waals surface area (Å²) in [5, 5.41) is 15.5. The van der Waals surface area contributed by atoms with Gasteiger partial charge in [-0.3, -0.25) is 0 Å². The van der Waals surface area contributed by atoms with Gasteiger partial charge in [-0.05, 0) is 79.1 Å². The molecule has 10 rings (SSSR count). The van der Waals surface area contributed by atoms with Crippen LogP contribution in [0.15, 0.2) is 211 Å². The number of benzene rings is 7. The summed E-state index contributed by atoms with van der Waals surface area (Å²) in [5.41, 5.74) is 13.0. The number of hydrogen-bond acceptors (Lipinski definition) is 4. The number of aromatic nitrogens is 3. The van der Waals surface area contributed by atoms with E-state index >= 15 is 0 Å². The Balaban J connectivity index is 1.37. The van der Waals surface area contributed by atoms with Gasteiger partial charge in [0, 0.05) is 16.7 Å². The molecule has 55 heavy (non-hydrogen) atoms. The highest BCUT2D eigenvalue weighted by Gasteiger charge is 2.48. The molecule has 0 spiro atoms. The maximum Gasteiger partial charge on any atom is 0.135 e. The number of para-hydroxylation sites is 1. The second-order valence-electron chi connectivity index (χ2n) is 14.0. The number of fused-ring (bicyclic) bond motifs is 3. The Morgan fingerprint density at radius 2 is 1.09 bits per heavy atom. The quantitative estimate of drug-likeness (QED) is 0.166. The molecule has 2 heterocycles. The third kappa shape index (κ3) is 5.42. The third-order valence-electron chi connectivity index (χ3n) is 11.0. The van der Waals surface area contributed by atoms with Gasteiger partial charge in [0.2, 0.25) is 0 Å². The highest BCUT2D eigenvalue weighted by atomic mass is 16.3. The van der Waals surface area contributed by atoms with Crippen LogP contribution in [0.5, 0.6) is 0 Å². The fourth-order valence-corrected chi connectivity index (χ4v) is 8.78. The molecular weight excluding hydrogens is 671 g/mol. The van der Waals surface area contributed by atoms with Crippen molar-refractivity contribution in [1.82, 2.24) is 15.4 Å². The molecule has 0 bridgehead atoms. The largest absolute Gasteiger partial charge is 0.456 e. The van der Waals surface area contributed by atoms with Gasteiger partial charge in [-0.15, -0.1) is 10.2 Å². The number of allylic oxidation sites excluding steroid dienone is 4. The van der Waals surface area contributed by atoms with Gasteiger partial charge in [0.25, 0.3) is 0 Å². The van der Waals surface area contributed by atoms with Crippen molar-refractivity contribution in [1.29, 1.82) is 0 Å². The van der Waals surface area contributed by atoms with Crippen LogP contribution in [0.1, 0.15) is 28.3 Å². The molecule has 2 unspecified atom stereocenters. The molecule has 1 aliphatic rings. The maximum atomic E-state index is 6.71. The zero-order chi connectivity index (χ0) is 36.6. The molecule has 2 atom stereocenters. The lowest BCUT2D eigenvalue weighted by molar-refractivity contribution is 0.549. The van der Waals surface area contributed by atoms with Crippen LogP contribution < -0.4 is 0 Å². The first kappa shape index (κ1) is 32.5. The second-order valence-corrected chi connectivity index (χ2v) is 14.0. The number of hydrogen-bond donors (Lipinski definition) is 0. The Morgan fingerprint density at radius 3 is 1.80 bits per heavy atom. The van der Waals surface area contributed by atoms with Crippen molar-refractivity contribution in [2.45, 2.75) is 11.3 Å². The van der Waals surface area contributed by atoms with Crippen molar-refractivity contribution >= 4 is 27.5 Å². The minimum Gasteiger partial charge on any atom is -0.456 e. The molecule has 0 amide bonds. The van der Waals surface area contributed by atoms with Gasteiger partial charge in [0.1, 0.15) is 11.2 Å².